The van der Waals surface area contributed by atoms with Crippen LogP contribution in [0, 0.1) is 5.82 Å². The first kappa shape index (κ1) is 16.6. The fourth-order valence-corrected chi connectivity index (χ4v) is 2.90. The fraction of sp³-hybridized carbons (Fsp3) is 0.278. The highest BCUT2D eigenvalue weighted by Crippen LogP contribution is 2.25. The molecule has 0 radical (unpaired) electrons. The quantitative estimate of drug-likeness (QED) is 0.850. The summed E-state index contributed by atoms with van der Waals surface area (Å²) in [6, 6.07) is 14.0. The molecule has 3 rings (SSSR count). The number of carbonyl (C=O) groups is 1. The zero-order valence-electron chi connectivity index (χ0n) is 13.1. The van der Waals surface area contributed by atoms with Crippen molar-refractivity contribution >= 4 is 23.2 Å². The standard InChI is InChI=1S/C18H18ClFN2O2/c19-16-12-14(20)6-7-17(16)24-13-18(23)22-10-8-21(9-11-22)15-4-2-1-3-5-15/h1-7,12H,8-11,13H2. The summed E-state index contributed by atoms with van der Waals surface area (Å²) in [6.45, 7) is 2.76. The van der Waals surface area contributed by atoms with Crippen LogP contribution in [0.5, 0.6) is 5.75 Å². The second kappa shape index (κ2) is 7.53. The molecule has 0 spiro atoms. The molecule has 0 atom stereocenters. The number of carbonyl (C=O) groups excluding carboxylic acids is 1. The summed E-state index contributed by atoms with van der Waals surface area (Å²) in [6.07, 6.45) is 0. The normalized spacial score (nSPS) is 14.6. The van der Waals surface area contributed by atoms with Crippen molar-refractivity contribution in [3.8, 4) is 5.75 Å². The van der Waals surface area contributed by atoms with Crippen LogP contribution in [0.15, 0.2) is 48.5 Å². The Labute approximate surface area is 145 Å². The predicted molar refractivity (Wildman–Crippen MR) is 92.1 cm³/mol. The van der Waals surface area contributed by atoms with E-state index in [1.807, 2.05) is 18.2 Å². The molecule has 0 aromatic heterocycles. The fourth-order valence-electron chi connectivity index (χ4n) is 2.68. The molecule has 0 saturated carbocycles. The number of piperazine rings is 1. The molecule has 126 valence electrons. The molecule has 6 heteroatoms. The van der Waals surface area contributed by atoms with Gasteiger partial charge in [0.1, 0.15) is 11.6 Å². The van der Waals surface area contributed by atoms with Crippen LogP contribution < -0.4 is 9.64 Å². The summed E-state index contributed by atoms with van der Waals surface area (Å²) in [5.74, 6) is -0.215. The SMILES string of the molecule is O=C(COc1ccc(F)cc1Cl)N1CCN(c2ccccc2)CC1. The molecule has 0 bridgehead atoms. The van der Waals surface area contributed by atoms with Gasteiger partial charge in [0.25, 0.3) is 5.91 Å². The van der Waals surface area contributed by atoms with Crippen LogP contribution in [0.1, 0.15) is 0 Å². The highest BCUT2D eigenvalue weighted by molar-refractivity contribution is 6.32. The number of benzene rings is 2. The number of anilines is 1. The monoisotopic (exact) mass is 348 g/mol. The lowest BCUT2D eigenvalue weighted by Gasteiger charge is -2.36. The van der Waals surface area contributed by atoms with Crippen molar-refractivity contribution in [3.63, 3.8) is 0 Å². The highest BCUT2D eigenvalue weighted by atomic mass is 35.5. The summed E-state index contributed by atoms with van der Waals surface area (Å²) in [7, 11) is 0. The predicted octanol–water partition coefficient (Wildman–Crippen LogP) is 3.21. The molecule has 2 aromatic rings. The zero-order chi connectivity index (χ0) is 16.9. The van der Waals surface area contributed by atoms with Gasteiger partial charge in [-0.2, -0.15) is 0 Å². The van der Waals surface area contributed by atoms with E-state index in [2.05, 4.69) is 17.0 Å². The highest BCUT2D eigenvalue weighted by Gasteiger charge is 2.21. The second-order valence-electron chi connectivity index (χ2n) is 5.57. The van der Waals surface area contributed by atoms with Gasteiger partial charge in [0.2, 0.25) is 0 Å². The van der Waals surface area contributed by atoms with Crippen LogP contribution in [0.2, 0.25) is 5.02 Å². The summed E-state index contributed by atoms with van der Waals surface area (Å²) >= 11 is 5.89. The lowest BCUT2D eigenvalue weighted by molar-refractivity contribution is -0.133. The third kappa shape index (κ3) is 3.97. The van der Waals surface area contributed by atoms with Crippen LogP contribution in [0.4, 0.5) is 10.1 Å². The van der Waals surface area contributed by atoms with E-state index in [9.17, 15) is 9.18 Å². The van der Waals surface area contributed by atoms with Crippen LogP contribution in [-0.4, -0.2) is 43.6 Å². The second-order valence-corrected chi connectivity index (χ2v) is 5.97. The zero-order valence-corrected chi connectivity index (χ0v) is 13.9. The van der Waals surface area contributed by atoms with Gasteiger partial charge >= 0.3 is 0 Å². The summed E-state index contributed by atoms with van der Waals surface area (Å²) in [4.78, 5) is 16.3. The number of hydrogen-bond acceptors (Lipinski definition) is 3. The summed E-state index contributed by atoms with van der Waals surface area (Å²) in [5, 5.41) is 0.164. The minimum absolute atomic E-state index is 0.0943. The molecule has 4 nitrogen and oxygen atoms in total. The van der Waals surface area contributed by atoms with E-state index in [4.69, 9.17) is 16.3 Å². The van der Waals surface area contributed by atoms with Gasteiger partial charge in [0.05, 0.1) is 5.02 Å². The molecule has 0 N–H and O–H groups in total. The number of hydrogen-bond donors (Lipinski definition) is 0. The van der Waals surface area contributed by atoms with Crippen molar-refractivity contribution in [2.45, 2.75) is 0 Å². The molecule has 0 aliphatic carbocycles. The molecule has 1 heterocycles. The lowest BCUT2D eigenvalue weighted by atomic mass is 10.2. The number of para-hydroxylation sites is 1. The largest absolute Gasteiger partial charge is 0.482 e. The van der Waals surface area contributed by atoms with Crippen LogP contribution in [0.3, 0.4) is 0 Å². The van der Waals surface area contributed by atoms with Gasteiger partial charge in [0, 0.05) is 31.9 Å². The van der Waals surface area contributed by atoms with E-state index < -0.39 is 5.82 Å². The minimum atomic E-state index is -0.435. The molecule has 2 aromatic carbocycles. The Bertz CT molecular complexity index is 703. The van der Waals surface area contributed by atoms with E-state index >= 15 is 0 Å². The molecule has 1 amide bonds. The molecule has 24 heavy (non-hydrogen) atoms. The third-order valence-corrected chi connectivity index (χ3v) is 4.29. The Morgan fingerprint density at radius 2 is 1.79 bits per heavy atom. The maximum absolute atomic E-state index is 13.0. The van der Waals surface area contributed by atoms with Crippen LogP contribution in [0.25, 0.3) is 0 Å². The Morgan fingerprint density at radius 1 is 1.08 bits per heavy atom. The van der Waals surface area contributed by atoms with Gasteiger partial charge in [0.15, 0.2) is 6.61 Å². The van der Waals surface area contributed by atoms with Crippen molar-refractivity contribution in [3.05, 3.63) is 59.4 Å². The lowest BCUT2D eigenvalue weighted by Crippen LogP contribution is -2.50. The van der Waals surface area contributed by atoms with Gasteiger partial charge < -0.3 is 14.5 Å². The van der Waals surface area contributed by atoms with E-state index in [1.54, 1.807) is 4.90 Å². The summed E-state index contributed by atoms with van der Waals surface area (Å²) < 4.78 is 18.4. The van der Waals surface area contributed by atoms with Crippen molar-refractivity contribution in [2.75, 3.05) is 37.7 Å². The van der Waals surface area contributed by atoms with Crippen LogP contribution >= 0.6 is 11.6 Å². The topological polar surface area (TPSA) is 32.8 Å². The molecule has 1 fully saturated rings. The first-order valence-corrected chi connectivity index (χ1v) is 8.17. The van der Waals surface area contributed by atoms with Gasteiger partial charge in [-0.25, -0.2) is 4.39 Å². The molecule has 1 saturated heterocycles. The van der Waals surface area contributed by atoms with Gasteiger partial charge in [-0.05, 0) is 30.3 Å². The van der Waals surface area contributed by atoms with Gasteiger partial charge in [-0.3, -0.25) is 4.79 Å². The Kier molecular flexibility index (Phi) is 5.20. The Balaban J connectivity index is 1.50. The smallest absolute Gasteiger partial charge is 0.260 e. The van der Waals surface area contributed by atoms with Crippen molar-refractivity contribution in [1.82, 2.24) is 4.90 Å². The summed E-state index contributed by atoms with van der Waals surface area (Å²) in [5.41, 5.74) is 1.17. The number of amides is 1. The first-order chi connectivity index (χ1) is 11.6. The van der Waals surface area contributed by atoms with Crippen molar-refractivity contribution < 1.29 is 13.9 Å². The number of nitrogens with zero attached hydrogens (tertiary/aromatic N) is 2. The van der Waals surface area contributed by atoms with E-state index in [0.29, 0.717) is 18.8 Å². The maximum atomic E-state index is 13.0. The van der Waals surface area contributed by atoms with Crippen molar-refractivity contribution in [1.29, 1.82) is 0 Å². The molecular formula is C18H18ClFN2O2. The number of rotatable bonds is 4. The molecular weight excluding hydrogens is 331 g/mol. The third-order valence-electron chi connectivity index (χ3n) is 4.00. The van der Waals surface area contributed by atoms with E-state index in [1.165, 1.54) is 23.9 Å². The van der Waals surface area contributed by atoms with E-state index in [-0.39, 0.29) is 17.5 Å². The molecule has 1 aliphatic heterocycles. The van der Waals surface area contributed by atoms with E-state index in [0.717, 1.165) is 13.1 Å². The van der Waals surface area contributed by atoms with Crippen molar-refractivity contribution in [2.24, 2.45) is 0 Å². The number of ether oxygens (including phenoxy) is 1. The molecule has 1 aliphatic rings. The average molecular weight is 349 g/mol. The number of halogens is 2. The Hall–Kier alpha value is -2.27. The minimum Gasteiger partial charge on any atom is -0.482 e. The van der Waals surface area contributed by atoms with Crippen LogP contribution in [-0.2, 0) is 4.79 Å². The van der Waals surface area contributed by atoms with Gasteiger partial charge in [-0.15, -0.1) is 0 Å². The first-order valence-electron chi connectivity index (χ1n) is 7.79. The van der Waals surface area contributed by atoms with Gasteiger partial charge in [-0.1, -0.05) is 29.8 Å². The average Bonchev–Trinajstić information content (AvgIpc) is 2.62. The Morgan fingerprint density at radius 3 is 2.46 bits per heavy atom. The molecule has 0 unspecified atom stereocenters. The maximum Gasteiger partial charge on any atom is 0.260 e.